The molecule has 2 aromatic carbocycles. The molecule has 13 heteroatoms. The van der Waals surface area contributed by atoms with E-state index in [0.29, 0.717) is 21.2 Å². The maximum Gasteiger partial charge on any atom is 2.00 e. The Balaban J connectivity index is 0.000000483. The summed E-state index contributed by atoms with van der Waals surface area (Å²) in [5.41, 5.74) is 11.5. The molecule has 0 fully saturated rings. The Kier molecular flexibility index (Phi) is 9.05. The van der Waals surface area contributed by atoms with E-state index >= 15 is 0 Å². The Morgan fingerprint density at radius 2 is 1.00 bits per heavy atom. The Morgan fingerprint density at radius 3 is 1.22 bits per heavy atom. The van der Waals surface area contributed by atoms with Crippen LogP contribution in [0.1, 0.15) is 11.1 Å². The summed E-state index contributed by atoms with van der Waals surface area (Å²) in [6.45, 7) is 3.10. The summed E-state index contributed by atoms with van der Waals surface area (Å²) in [7, 11) is -9.01. The zero-order valence-electron chi connectivity index (χ0n) is 13.8. The average molecular weight is 500 g/mol. The molecule has 152 valence electrons. The molecule has 0 saturated heterocycles. The molecule has 0 radical (unpaired) electrons. The average Bonchev–Trinajstić information content (AvgIpc) is 2.48. The van der Waals surface area contributed by atoms with Gasteiger partial charge in [-0.3, -0.25) is 0 Å². The van der Waals surface area contributed by atoms with Crippen molar-refractivity contribution in [2.45, 2.75) is 23.6 Å². The van der Waals surface area contributed by atoms with E-state index in [9.17, 15) is 25.9 Å². The van der Waals surface area contributed by atoms with E-state index in [4.69, 9.17) is 34.7 Å². The van der Waals surface area contributed by atoms with E-state index in [1.54, 1.807) is 13.8 Å². The van der Waals surface area contributed by atoms with E-state index in [1.165, 1.54) is 12.1 Å². The fraction of sp³-hybridized carbons (Fsp3) is 0.143. The van der Waals surface area contributed by atoms with Gasteiger partial charge in [-0.1, -0.05) is 23.2 Å². The maximum atomic E-state index is 10.6. The zero-order valence-corrected chi connectivity index (χ0v) is 17.9. The van der Waals surface area contributed by atoms with Gasteiger partial charge in [-0.05, 0) is 49.2 Å². The van der Waals surface area contributed by atoms with Crippen molar-refractivity contribution < 1.29 is 42.4 Å². The summed E-state index contributed by atoms with van der Waals surface area (Å²) in [5, 5.41) is 0.676. The molecule has 0 saturated carbocycles. The molecule has 0 atom stereocenters. The molecule has 0 aliphatic carbocycles. The Hall–Kier alpha value is -1.07. The second-order valence-corrected chi connectivity index (χ2v) is 8.59. The molecule has 0 heterocycles. The van der Waals surface area contributed by atoms with Gasteiger partial charge in [-0.2, -0.15) is 0 Å². The van der Waals surface area contributed by atoms with Crippen molar-refractivity contribution in [3.8, 4) is 0 Å². The number of anilines is 2. The predicted molar refractivity (Wildman–Crippen MR) is 97.1 cm³/mol. The van der Waals surface area contributed by atoms with Crippen LogP contribution in [0.4, 0.5) is 11.4 Å². The summed E-state index contributed by atoms with van der Waals surface area (Å²) in [6, 6.07) is 4.87. The van der Waals surface area contributed by atoms with Gasteiger partial charge in [0.2, 0.25) is 0 Å². The molecule has 0 bridgehead atoms. The van der Waals surface area contributed by atoms with Crippen molar-refractivity contribution in [3.63, 3.8) is 0 Å². The molecule has 0 aliphatic heterocycles. The molecular formula is C14H14Cl2N2NiO6S2. The van der Waals surface area contributed by atoms with Crippen LogP contribution in [0.5, 0.6) is 0 Å². The van der Waals surface area contributed by atoms with Crippen molar-refractivity contribution >= 4 is 54.8 Å². The van der Waals surface area contributed by atoms with Gasteiger partial charge < -0.3 is 20.6 Å². The van der Waals surface area contributed by atoms with Crippen LogP contribution in [-0.4, -0.2) is 25.9 Å². The van der Waals surface area contributed by atoms with Crippen molar-refractivity contribution in [1.29, 1.82) is 0 Å². The van der Waals surface area contributed by atoms with Crippen LogP contribution >= 0.6 is 23.2 Å². The molecule has 0 aromatic heterocycles. The standard InChI is InChI=1S/2C7H8ClNO3S.Ni/c2*1-4-5(8)2-3-6(7(4)9)13(10,11)12;/h2*2-3H,9H2,1H3,(H,10,11,12);/q;;+2/p-2. The minimum Gasteiger partial charge on any atom is -0.744 e. The first-order valence-electron chi connectivity index (χ1n) is 6.68. The molecule has 0 aliphatic rings. The van der Waals surface area contributed by atoms with Crippen molar-refractivity contribution in [1.82, 2.24) is 0 Å². The van der Waals surface area contributed by atoms with Gasteiger partial charge in [0.05, 0.1) is 21.2 Å². The molecule has 2 rings (SSSR count). The van der Waals surface area contributed by atoms with Gasteiger partial charge in [0.25, 0.3) is 0 Å². The molecule has 4 N–H and O–H groups in total. The third-order valence-corrected chi connectivity index (χ3v) is 5.96. The summed E-state index contributed by atoms with van der Waals surface area (Å²) in [5.74, 6) is 0. The third-order valence-electron chi connectivity index (χ3n) is 3.36. The van der Waals surface area contributed by atoms with Crippen LogP contribution < -0.4 is 11.5 Å². The molecule has 2 aromatic rings. The summed E-state index contributed by atoms with van der Waals surface area (Å²) in [6.07, 6.45) is 0. The van der Waals surface area contributed by atoms with E-state index in [-0.39, 0.29) is 27.9 Å². The smallest absolute Gasteiger partial charge is 0.744 e. The molecule has 0 unspecified atom stereocenters. The summed E-state index contributed by atoms with van der Waals surface area (Å²) < 4.78 is 63.8. The van der Waals surface area contributed by atoms with Crippen LogP contribution in [0.25, 0.3) is 0 Å². The fourth-order valence-electron chi connectivity index (χ4n) is 1.79. The van der Waals surface area contributed by atoms with Gasteiger partial charge in [-0.15, -0.1) is 0 Å². The predicted octanol–water partition coefficient (Wildman–Crippen LogP) is 2.27. The van der Waals surface area contributed by atoms with Gasteiger partial charge in [0, 0.05) is 10.0 Å². The van der Waals surface area contributed by atoms with Gasteiger partial charge in [0.1, 0.15) is 20.2 Å². The summed E-state index contributed by atoms with van der Waals surface area (Å²) in [4.78, 5) is -0.844. The maximum absolute atomic E-state index is 10.6. The zero-order chi connectivity index (χ0) is 20.4. The topological polar surface area (TPSA) is 166 Å². The van der Waals surface area contributed by atoms with Crippen LogP contribution in [0.3, 0.4) is 0 Å². The largest absolute Gasteiger partial charge is 2.00 e. The number of rotatable bonds is 2. The first kappa shape index (κ1) is 25.9. The van der Waals surface area contributed by atoms with Crippen LogP contribution in [-0.2, 0) is 36.7 Å². The second-order valence-electron chi connectivity index (χ2n) is 5.08. The Bertz CT molecular complexity index is 974. The number of halogens is 2. The Labute approximate surface area is 177 Å². The van der Waals surface area contributed by atoms with Gasteiger partial charge in [-0.25, -0.2) is 16.8 Å². The third kappa shape index (κ3) is 6.50. The van der Waals surface area contributed by atoms with E-state index in [0.717, 1.165) is 12.1 Å². The van der Waals surface area contributed by atoms with Crippen molar-refractivity contribution in [2.24, 2.45) is 0 Å². The minimum absolute atomic E-state index is 0. The Morgan fingerprint density at radius 1 is 0.741 bits per heavy atom. The van der Waals surface area contributed by atoms with Crippen LogP contribution in [0.2, 0.25) is 10.0 Å². The first-order valence-corrected chi connectivity index (χ1v) is 10.3. The minimum atomic E-state index is -4.51. The fourth-order valence-corrected chi connectivity index (χ4v) is 3.43. The normalized spacial score (nSPS) is 11.2. The molecular weight excluding hydrogens is 486 g/mol. The number of benzene rings is 2. The molecule has 27 heavy (non-hydrogen) atoms. The molecule has 0 spiro atoms. The van der Waals surface area contributed by atoms with Crippen LogP contribution in [0, 0.1) is 13.8 Å². The second kappa shape index (κ2) is 9.42. The number of nitrogens with two attached hydrogens (primary N) is 2. The SMILES string of the molecule is Cc1c(Cl)ccc(S(=O)(=O)[O-])c1N.Cc1c(Cl)ccc(S(=O)(=O)[O-])c1N.[Ni+2]. The van der Waals surface area contributed by atoms with E-state index in [1.807, 2.05) is 0 Å². The molecule has 0 amide bonds. The van der Waals surface area contributed by atoms with E-state index in [2.05, 4.69) is 0 Å². The monoisotopic (exact) mass is 498 g/mol. The van der Waals surface area contributed by atoms with E-state index < -0.39 is 30.0 Å². The number of hydrogen-bond donors (Lipinski definition) is 2. The van der Waals surface area contributed by atoms with Gasteiger partial charge in [0.15, 0.2) is 0 Å². The number of nitrogen functional groups attached to an aromatic ring is 2. The quantitative estimate of drug-likeness (QED) is 0.360. The van der Waals surface area contributed by atoms with Gasteiger partial charge >= 0.3 is 16.5 Å². The first-order chi connectivity index (χ1) is 11.7. The summed E-state index contributed by atoms with van der Waals surface area (Å²) >= 11 is 11.3. The van der Waals surface area contributed by atoms with Crippen LogP contribution in [0.15, 0.2) is 34.1 Å². The number of hydrogen-bond acceptors (Lipinski definition) is 8. The molecule has 8 nitrogen and oxygen atoms in total. The van der Waals surface area contributed by atoms with Crippen molar-refractivity contribution in [2.75, 3.05) is 11.5 Å². The van der Waals surface area contributed by atoms with Crippen molar-refractivity contribution in [3.05, 3.63) is 45.4 Å².